The molecule has 2 N–H and O–H groups in total. The maximum Gasteiger partial charge on any atom is 0.317 e. The van der Waals surface area contributed by atoms with Gasteiger partial charge >= 0.3 is 12.0 Å². The Balaban J connectivity index is 1.94. The van der Waals surface area contributed by atoms with E-state index in [1.165, 1.54) is 12.8 Å². The van der Waals surface area contributed by atoms with E-state index in [-0.39, 0.29) is 29.3 Å². The zero-order valence-corrected chi connectivity index (χ0v) is 13.6. The SMILES string of the molecule is CC1C(NC(=O)N(C)CC2CC2)CCC(C(=O)O)C1(C)C. The number of aliphatic carboxylic acids is 1. The van der Waals surface area contributed by atoms with Gasteiger partial charge in [-0.15, -0.1) is 0 Å². The third kappa shape index (κ3) is 3.50. The molecule has 0 radical (unpaired) electrons. The fourth-order valence-corrected chi connectivity index (χ4v) is 3.48. The van der Waals surface area contributed by atoms with Crippen molar-refractivity contribution in [2.75, 3.05) is 13.6 Å². The Kier molecular flexibility index (Phi) is 4.49. The average molecular weight is 296 g/mol. The molecule has 0 heterocycles. The number of amides is 2. The number of nitrogens with one attached hydrogen (secondary N) is 1. The maximum absolute atomic E-state index is 12.2. The maximum atomic E-state index is 12.2. The highest BCUT2D eigenvalue weighted by Crippen LogP contribution is 2.45. The third-order valence-electron chi connectivity index (χ3n) is 5.62. The molecular formula is C16H28N2O3. The van der Waals surface area contributed by atoms with Crippen LogP contribution in [0.5, 0.6) is 0 Å². The number of urea groups is 1. The van der Waals surface area contributed by atoms with Crippen molar-refractivity contribution in [1.29, 1.82) is 0 Å². The Morgan fingerprint density at radius 3 is 2.38 bits per heavy atom. The lowest BCUT2D eigenvalue weighted by Gasteiger charge is -2.46. The molecule has 2 amide bonds. The number of nitrogens with zero attached hydrogens (tertiary/aromatic N) is 1. The first kappa shape index (κ1) is 16.1. The highest BCUT2D eigenvalue weighted by atomic mass is 16.4. The van der Waals surface area contributed by atoms with Crippen LogP contribution in [0.1, 0.15) is 46.5 Å². The normalized spacial score (nSPS) is 31.5. The predicted octanol–water partition coefficient (Wildman–Crippen LogP) is 2.56. The first-order valence-electron chi connectivity index (χ1n) is 7.98. The van der Waals surface area contributed by atoms with Crippen molar-refractivity contribution in [2.24, 2.45) is 23.2 Å². The van der Waals surface area contributed by atoms with Crippen LogP contribution >= 0.6 is 0 Å². The molecule has 2 fully saturated rings. The van der Waals surface area contributed by atoms with Gasteiger partial charge in [0.2, 0.25) is 0 Å². The number of carbonyl (C=O) groups excluding carboxylic acids is 1. The Hall–Kier alpha value is -1.26. The van der Waals surface area contributed by atoms with Gasteiger partial charge in [-0.3, -0.25) is 4.79 Å². The highest BCUT2D eigenvalue weighted by molar-refractivity contribution is 5.74. The fourth-order valence-electron chi connectivity index (χ4n) is 3.48. The van der Waals surface area contributed by atoms with Crippen LogP contribution < -0.4 is 5.32 Å². The minimum absolute atomic E-state index is 0.0247. The summed E-state index contributed by atoms with van der Waals surface area (Å²) in [5.41, 5.74) is -0.308. The van der Waals surface area contributed by atoms with Crippen LogP contribution in [-0.2, 0) is 4.79 Å². The van der Waals surface area contributed by atoms with E-state index in [9.17, 15) is 14.7 Å². The van der Waals surface area contributed by atoms with E-state index >= 15 is 0 Å². The molecule has 0 aromatic carbocycles. The standard InChI is InChI=1S/C16H28N2O3/c1-10-13(8-7-12(14(19)20)16(10,2)3)17-15(21)18(4)9-11-5-6-11/h10-13H,5-9H2,1-4H3,(H,17,21)(H,19,20). The van der Waals surface area contributed by atoms with Gasteiger partial charge in [0.25, 0.3) is 0 Å². The van der Waals surface area contributed by atoms with Crippen LogP contribution in [-0.4, -0.2) is 41.6 Å². The van der Waals surface area contributed by atoms with E-state index in [2.05, 4.69) is 12.2 Å². The van der Waals surface area contributed by atoms with Gasteiger partial charge in [0.1, 0.15) is 0 Å². The van der Waals surface area contributed by atoms with E-state index in [0.717, 1.165) is 13.0 Å². The molecule has 0 aromatic heterocycles. The Bertz CT molecular complexity index is 418. The first-order valence-corrected chi connectivity index (χ1v) is 7.98. The lowest BCUT2D eigenvalue weighted by molar-refractivity contribution is -0.150. The largest absolute Gasteiger partial charge is 0.481 e. The number of rotatable bonds is 4. The highest BCUT2D eigenvalue weighted by Gasteiger charge is 2.46. The van der Waals surface area contributed by atoms with Crippen LogP contribution in [0.3, 0.4) is 0 Å². The second-order valence-electron chi connectivity index (χ2n) is 7.46. The predicted molar refractivity (Wildman–Crippen MR) is 81.0 cm³/mol. The molecule has 2 saturated carbocycles. The number of carboxylic acid groups (broad SMARTS) is 1. The van der Waals surface area contributed by atoms with E-state index in [1.807, 2.05) is 20.9 Å². The summed E-state index contributed by atoms with van der Waals surface area (Å²) in [4.78, 5) is 25.4. The van der Waals surface area contributed by atoms with Crippen LogP contribution in [0.15, 0.2) is 0 Å². The molecule has 0 bridgehead atoms. The van der Waals surface area contributed by atoms with Gasteiger partial charge in [-0.05, 0) is 42.9 Å². The van der Waals surface area contributed by atoms with Gasteiger partial charge in [0, 0.05) is 19.6 Å². The molecular weight excluding hydrogens is 268 g/mol. The summed E-state index contributed by atoms with van der Waals surface area (Å²) in [5.74, 6) is -0.227. The van der Waals surface area contributed by atoms with Crippen LogP contribution in [0, 0.1) is 23.2 Å². The second kappa shape index (κ2) is 5.85. The molecule has 5 heteroatoms. The Labute approximate surface area is 127 Å². The van der Waals surface area contributed by atoms with Crippen LogP contribution in [0.2, 0.25) is 0 Å². The molecule has 0 saturated heterocycles. The van der Waals surface area contributed by atoms with Gasteiger partial charge in [-0.2, -0.15) is 0 Å². The summed E-state index contributed by atoms with van der Waals surface area (Å²) in [7, 11) is 1.84. The van der Waals surface area contributed by atoms with Crippen molar-refractivity contribution in [3.05, 3.63) is 0 Å². The second-order valence-corrected chi connectivity index (χ2v) is 7.46. The minimum Gasteiger partial charge on any atom is -0.481 e. The van der Waals surface area contributed by atoms with Crippen molar-refractivity contribution < 1.29 is 14.7 Å². The van der Waals surface area contributed by atoms with E-state index in [4.69, 9.17) is 0 Å². The Morgan fingerprint density at radius 2 is 1.86 bits per heavy atom. The molecule has 0 aromatic rings. The van der Waals surface area contributed by atoms with Crippen molar-refractivity contribution >= 4 is 12.0 Å². The molecule has 120 valence electrons. The number of carboxylic acids is 1. The van der Waals surface area contributed by atoms with Crippen molar-refractivity contribution in [2.45, 2.75) is 52.5 Å². The van der Waals surface area contributed by atoms with E-state index < -0.39 is 5.97 Å². The van der Waals surface area contributed by atoms with Crippen molar-refractivity contribution in [3.63, 3.8) is 0 Å². The molecule has 5 nitrogen and oxygen atoms in total. The monoisotopic (exact) mass is 296 g/mol. The summed E-state index contributed by atoms with van der Waals surface area (Å²) in [6.45, 7) is 6.89. The zero-order chi connectivity index (χ0) is 15.8. The lowest BCUT2D eigenvalue weighted by Crippen LogP contribution is -2.54. The van der Waals surface area contributed by atoms with Crippen LogP contribution in [0.4, 0.5) is 4.79 Å². The smallest absolute Gasteiger partial charge is 0.317 e. The van der Waals surface area contributed by atoms with Gasteiger partial charge in [0.15, 0.2) is 0 Å². The summed E-state index contributed by atoms with van der Waals surface area (Å²) in [5, 5.41) is 12.5. The third-order valence-corrected chi connectivity index (χ3v) is 5.62. The minimum atomic E-state index is -0.720. The molecule has 2 aliphatic rings. The molecule has 3 unspecified atom stereocenters. The first-order chi connectivity index (χ1) is 9.73. The molecule has 2 aliphatic carbocycles. The molecule has 2 rings (SSSR count). The van der Waals surface area contributed by atoms with Gasteiger partial charge in [-0.25, -0.2) is 4.79 Å². The topological polar surface area (TPSA) is 69.6 Å². The molecule has 0 spiro atoms. The summed E-state index contributed by atoms with van der Waals surface area (Å²) in [6.07, 6.45) is 3.82. The van der Waals surface area contributed by atoms with Crippen LogP contribution in [0.25, 0.3) is 0 Å². The Morgan fingerprint density at radius 1 is 1.24 bits per heavy atom. The van der Waals surface area contributed by atoms with Crippen molar-refractivity contribution in [3.8, 4) is 0 Å². The van der Waals surface area contributed by atoms with E-state index in [0.29, 0.717) is 12.3 Å². The zero-order valence-electron chi connectivity index (χ0n) is 13.6. The summed E-state index contributed by atoms with van der Waals surface area (Å²) in [6, 6.07) is 0.0353. The summed E-state index contributed by atoms with van der Waals surface area (Å²) < 4.78 is 0. The average Bonchev–Trinajstić information content (AvgIpc) is 3.18. The number of carbonyl (C=O) groups is 2. The summed E-state index contributed by atoms with van der Waals surface area (Å²) >= 11 is 0. The van der Waals surface area contributed by atoms with Crippen molar-refractivity contribution in [1.82, 2.24) is 10.2 Å². The fraction of sp³-hybridized carbons (Fsp3) is 0.875. The molecule has 3 atom stereocenters. The number of hydrogen-bond acceptors (Lipinski definition) is 2. The molecule has 0 aliphatic heterocycles. The van der Waals surface area contributed by atoms with Gasteiger partial charge in [0.05, 0.1) is 5.92 Å². The number of hydrogen-bond donors (Lipinski definition) is 2. The van der Waals surface area contributed by atoms with E-state index in [1.54, 1.807) is 4.90 Å². The van der Waals surface area contributed by atoms with Gasteiger partial charge < -0.3 is 15.3 Å². The molecule has 21 heavy (non-hydrogen) atoms. The quantitative estimate of drug-likeness (QED) is 0.837. The van der Waals surface area contributed by atoms with Gasteiger partial charge in [-0.1, -0.05) is 20.8 Å². The lowest BCUT2D eigenvalue weighted by atomic mass is 9.61.